The summed E-state index contributed by atoms with van der Waals surface area (Å²) in [5.74, 6) is -1.36. The summed E-state index contributed by atoms with van der Waals surface area (Å²) in [5, 5.41) is 12.5. The van der Waals surface area contributed by atoms with Crippen molar-refractivity contribution < 1.29 is 18.3 Å². The van der Waals surface area contributed by atoms with Gasteiger partial charge >= 0.3 is 5.97 Å². The third-order valence-electron chi connectivity index (χ3n) is 1.71. The first-order valence-corrected chi connectivity index (χ1v) is 6.42. The minimum absolute atomic E-state index is 0.327. The molecule has 0 fully saturated rings. The standard InChI is InChI=1S/C7H9ClN2O4S/c1-2-3-10-6(7(11)12)5(4-9-10)15(8,13)14/h4H,2-3H2,1H3,(H,11,12). The summed E-state index contributed by atoms with van der Waals surface area (Å²) in [4.78, 5) is 10.4. The van der Waals surface area contributed by atoms with Crippen LogP contribution >= 0.6 is 10.7 Å². The van der Waals surface area contributed by atoms with Crippen LogP contribution in [0.15, 0.2) is 11.1 Å². The van der Waals surface area contributed by atoms with Crippen molar-refractivity contribution in [3.05, 3.63) is 11.9 Å². The largest absolute Gasteiger partial charge is 0.476 e. The average molecular weight is 253 g/mol. The highest BCUT2D eigenvalue weighted by atomic mass is 35.7. The minimum atomic E-state index is -4.07. The minimum Gasteiger partial charge on any atom is -0.476 e. The Hall–Kier alpha value is -1.08. The molecule has 0 saturated carbocycles. The maximum Gasteiger partial charge on any atom is 0.355 e. The number of carboxylic acid groups (broad SMARTS) is 1. The molecule has 6 nitrogen and oxygen atoms in total. The van der Waals surface area contributed by atoms with Gasteiger partial charge in [0, 0.05) is 17.2 Å². The molecule has 0 spiro atoms. The molecule has 0 aliphatic heterocycles. The van der Waals surface area contributed by atoms with Gasteiger partial charge in [-0.2, -0.15) is 5.10 Å². The monoisotopic (exact) mass is 252 g/mol. The second kappa shape index (κ2) is 4.19. The zero-order valence-corrected chi connectivity index (χ0v) is 9.42. The smallest absolute Gasteiger partial charge is 0.355 e. The average Bonchev–Trinajstić information content (AvgIpc) is 2.47. The highest BCUT2D eigenvalue weighted by molar-refractivity contribution is 8.13. The van der Waals surface area contributed by atoms with Gasteiger partial charge in [-0.15, -0.1) is 0 Å². The summed E-state index contributed by atoms with van der Waals surface area (Å²) in [6.45, 7) is 2.15. The molecule has 0 atom stereocenters. The van der Waals surface area contributed by atoms with Crippen molar-refractivity contribution in [3.8, 4) is 0 Å². The van der Waals surface area contributed by atoms with Gasteiger partial charge in [-0.3, -0.25) is 4.68 Å². The Kier molecular flexibility index (Phi) is 3.35. The van der Waals surface area contributed by atoms with E-state index >= 15 is 0 Å². The van der Waals surface area contributed by atoms with Crippen LogP contribution in [0, 0.1) is 0 Å². The number of hydrogen-bond acceptors (Lipinski definition) is 4. The van der Waals surface area contributed by atoms with Crippen LogP contribution in [0.5, 0.6) is 0 Å². The van der Waals surface area contributed by atoms with Crippen molar-refractivity contribution in [2.75, 3.05) is 0 Å². The summed E-state index contributed by atoms with van der Waals surface area (Å²) in [5.41, 5.74) is -0.396. The van der Waals surface area contributed by atoms with Gasteiger partial charge in [-0.25, -0.2) is 13.2 Å². The first kappa shape index (κ1) is 12.0. The number of aromatic carboxylic acids is 1. The fraction of sp³-hybridized carbons (Fsp3) is 0.429. The third-order valence-corrected chi connectivity index (χ3v) is 3.03. The van der Waals surface area contributed by atoms with Crippen LogP contribution in [0.25, 0.3) is 0 Å². The van der Waals surface area contributed by atoms with Gasteiger partial charge in [0.25, 0.3) is 9.05 Å². The SMILES string of the molecule is CCCn1ncc(S(=O)(=O)Cl)c1C(=O)O. The molecule has 8 heteroatoms. The number of halogens is 1. The number of carboxylic acids is 1. The van der Waals surface area contributed by atoms with Crippen LogP contribution in [-0.2, 0) is 15.6 Å². The van der Waals surface area contributed by atoms with Crippen LogP contribution in [0.2, 0.25) is 0 Å². The number of rotatable bonds is 4. The van der Waals surface area contributed by atoms with E-state index in [2.05, 4.69) is 5.10 Å². The van der Waals surface area contributed by atoms with Crippen molar-refractivity contribution in [2.45, 2.75) is 24.8 Å². The van der Waals surface area contributed by atoms with E-state index in [1.807, 2.05) is 6.92 Å². The van der Waals surface area contributed by atoms with Crippen molar-refractivity contribution in [3.63, 3.8) is 0 Å². The van der Waals surface area contributed by atoms with E-state index in [-0.39, 0.29) is 0 Å². The Labute approximate surface area is 90.9 Å². The van der Waals surface area contributed by atoms with Crippen LogP contribution in [-0.4, -0.2) is 29.3 Å². The maximum atomic E-state index is 11.0. The lowest BCUT2D eigenvalue weighted by Gasteiger charge is -2.02. The zero-order chi connectivity index (χ0) is 11.6. The van der Waals surface area contributed by atoms with E-state index in [4.69, 9.17) is 15.8 Å². The molecule has 1 rings (SSSR count). The third kappa shape index (κ3) is 2.48. The Bertz CT molecular complexity index is 479. The first-order valence-electron chi connectivity index (χ1n) is 4.11. The van der Waals surface area contributed by atoms with Gasteiger partial charge in [0.1, 0.15) is 4.90 Å². The summed E-state index contributed by atoms with van der Waals surface area (Å²) < 4.78 is 23.2. The quantitative estimate of drug-likeness (QED) is 0.805. The predicted octanol–water partition coefficient (Wildman–Crippen LogP) is 0.919. The first-order chi connectivity index (χ1) is 6.88. The Morgan fingerprint density at radius 3 is 2.67 bits per heavy atom. The van der Waals surface area contributed by atoms with E-state index in [1.54, 1.807) is 0 Å². The number of nitrogens with zero attached hydrogens (tertiary/aromatic N) is 2. The molecule has 1 aromatic rings. The van der Waals surface area contributed by atoms with E-state index in [0.717, 1.165) is 10.9 Å². The molecule has 0 aliphatic rings. The summed E-state index contributed by atoms with van der Waals surface area (Å²) >= 11 is 0. The van der Waals surface area contributed by atoms with Gasteiger partial charge in [-0.05, 0) is 6.42 Å². The second-order valence-electron chi connectivity index (χ2n) is 2.82. The Morgan fingerprint density at radius 1 is 1.67 bits per heavy atom. The molecule has 1 heterocycles. The van der Waals surface area contributed by atoms with Gasteiger partial charge in [-0.1, -0.05) is 6.92 Å². The van der Waals surface area contributed by atoms with Gasteiger partial charge in [0.15, 0.2) is 5.69 Å². The maximum absolute atomic E-state index is 11.0. The number of hydrogen-bond donors (Lipinski definition) is 1. The van der Waals surface area contributed by atoms with E-state index in [9.17, 15) is 13.2 Å². The second-order valence-corrected chi connectivity index (χ2v) is 5.36. The summed E-state index contributed by atoms with van der Waals surface area (Å²) in [6.07, 6.45) is 1.59. The topological polar surface area (TPSA) is 89.3 Å². The highest BCUT2D eigenvalue weighted by Gasteiger charge is 2.25. The van der Waals surface area contributed by atoms with E-state index in [1.165, 1.54) is 0 Å². The molecule has 0 aromatic carbocycles. The fourth-order valence-corrected chi connectivity index (χ4v) is 2.08. The summed E-state index contributed by atoms with van der Waals surface area (Å²) in [6, 6.07) is 0. The zero-order valence-electron chi connectivity index (χ0n) is 7.84. The normalized spacial score (nSPS) is 11.6. The molecular weight excluding hydrogens is 244 g/mol. The van der Waals surface area contributed by atoms with Gasteiger partial charge in [0.2, 0.25) is 0 Å². The number of aryl methyl sites for hydroxylation is 1. The molecule has 0 saturated heterocycles. The van der Waals surface area contributed by atoms with Crippen molar-refractivity contribution in [2.24, 2.45) is 0 Å². The molecule has 84 valence electrons. The molecular formula is C7H9ClN2O4S. The Morgan fingerprint density at radius 2 is 2.27 bits per heavy atom. The molecule has 0 unspecified atom stereocenters. The van der Waals surface area contributed by atoms with Crippen LogP contribution in [0.4, 0.5) is 0 Å². The molecule has 0 bridgehead atoms. The molecule has 1 N–H and O–H groups in total. The van der Waals surface area contributed by atoms with Crippen molar-refractivity contribution >= 4 is 25.7 Å². The van der Waals surface area contributed by atoms with Crippen molar-refractivity contribution in [1.82, 2.24) is 9.78 Å². The molecule has 0 aliphatic carbocycles. The number of aromatic nitrogens is 2. The van der Waals surface area contributed by atoms with Gasteiger partial charge < -0.3 is 5.11 Å². The van der Waals surface area contributed by atoms with Crippen LogP contribution < -0.4 is 0 Å². The molecule has 1 aromatic heterocycles. The molecule has 0 amide bonds. The van der Waals surface area contributed by atoms with Crippen molar-refractivity contribution in [1.29, 1.82) is 0 Å². The lowest BCUT2D eigenvalue weighted by Crippen LogP contribution is -2.12. The fourth-order valence-electron chi connectivity index (χ4n) is 1.14. The molecule has 15 heavy (non-hydrogen) atoms. The van der Waals surface area contributed by atoms with E-state index < -0.39 is 25.6 Å². The summed E-state index contributed by atoms with van der Waals surface area (Å²) in [7, 11) is 1.01. The highest BCUT2D eigenvalue weighted by Crippen LogP contribution is 2.19. The predicted molar refractivity (Wildman–Crippen MR) is 52.5 cm³/mol. The van der Waals surface area contributed by atoms with Crippen LogP contribution in [0.3, 0.4) is 0 Å². The lowest BCUT2D eigenvalue weighted by molar-refractivity contribution is 0.0678. The number of carbonyl (C=O) groups is 1. The van der Waals surface area contributed by atoms with Crippen LogP contribution in [0.1, 0.15) is 23.8 Å². The Balaban J connectivity index is 3.37. The van der Waals surface area contributed by atoms with Gasteiger partial charge in [0.05, 0.1) is 6.20 Å². The lowest BCUT2D eigenvalue weighted by atomic mass is 10.4. The van der Waals surface area contributed by atoms with E-state index in [0.29, 0.717) is 13.0 Å². The molecule has 0 radical (unpaired) electrons.